The average Bonchev–Trinajstić information content (AvgIpc) is 2.37. The summed E-state index contributed by atoms with van der Waals surface area (Å²) in [4.78, 5) is 0. The molecule has 64 valence electrons. The Morgan fingerprint density at radius 2 is 2.42 bits per heavy atom. The summed E-state index contributed by atoms with van der Waals surface area (Å²) in [5.74, 6) is 0.968. The Bertz CT molecular complexity index is 226. The van der Waals surface area contributed by atoms with Gasteiger partial charge in [-0.3, -0.25) is 0 Å². The summed E-state index contributed by atoms with van der Waals surface area (Å²) in [6.07, 6.45) is 2.07. The molecule has 0 aromatic rings. The molecule has 1 saturated carbocycles. The van der Waals surface area contributed by atoms with Gasteiger partial charge < -0.3 is 4.74 Å². The lowest BCUT2D eigenvalue weighted by molar-refractivity contribution is -0.0382. The summed E-state index contributed by atoms with van der Waals surface area (Å²) < 4.78 is 5.80. The van der Waals surface area contributed by atoms with Crippen LogP contribution in [0.5, 0.6) is 0 Å². The van der Waals surface area contributed by atoms with Crippen LogP contribution in [0.15, 0.2) is 12.2 Å². The zero-order chi connectivity index (χ0) is 8.93. The molecule has 0 amide bonds. The van der Waals surface area contributed by atoms with Gasteiger partial charge in [-0.1, -0.05) is 26.0 Å². The molecule has 2 heteroatoms. The molecule has 2 fully saturated rings. The molecule has 1 nitrogen and oxygen atoms in total. The molecule has 1 saturated heterocycles. The monoisotopic (exact) mass is 162 g/mol. The second kappa shape index (κ2) is 2.38. The van der Waals surface area contributed by atoms with Gasteiger partial charge in [0.05, 0.1) is 5.60 Å². The Morgan fingerprint density at radius 3 is 2.75 bits per heavy atom. The van der Waals surface area contributed by atoms with Gasteiger partial charge in [0, 0.05) is 11.9 Å². The van der Waals surface area contributed by atoms with Gasteiger partial charge in [-0.05, 0) is 18.8 Å². The average molecular weight is 162 g/mol. The summed E-state index contributed by atoms with van der Waals surface area (Å²) >= 11 is 0. The van der Waals surface area contributed by atoms with Crippen molar-refractivity contribution in [3.05, 3.63) is 12.2 Å². The van der Waals surface area contributed by atoms with Gasteiger partial charge in [-0.15, -0.1) is 0 Å². The molecule has 0 aromatic carbocycles. The summed E-state index contributed by atoms with van der Waals surface area (Å²) in [6.45, 7) is 8.48. The zero-order valence-electron chi connectivity index (χ0n) is 7.84. The van der Waals surface area contributed by atoms with Crippen molar-refractivity contribution in [1.29, 1.82) is 0 Å². The van der Waals surface area contributed by atoms with E-state index in [1.165, 1.54) is 5.57 Å². The molecule has 12 heavy (non-hydrogen) atoms. The van der Waals surface area contributed by atoms with Crippen molar-refractivity contribution in [2.45, 2.75) is 38.3 Å². The molecule has 1 unspecified atom stereocenters. The highest BCUT2D eigenvalue weighted by atomic mass is 16.5. The Kier molecular flexibility index (Phi) is 1.66. The highest BCUT2D eigenvalue weighted by Crippen LogP contribution is 2.55. The smallest absolute Gasteiger partial charge is 0.109 e. The number of fused-ring (bicyclic) bond motifs is 2. The van der Waals surface area contributed by atoms with Crippen LogP contribution in [0.25, 0.3) is 0 Å². The predicted molar refractivity (Wildman–Crippen MR) is 50.1 cm³/mol. The molecule has 0 spiro atoms. The largest absolute Gasteiger partial charge is 0.380 e. The van der Waals surface area contributed by atoms with E-state index in [-0.39, 0.29) is 11.6 Å². The molecular formula is C10H15BO. The Hall–Kier alpha value is -0.235. The molecule has 0 aromatic heterocycles. The van der Waals surface area contributed by atoms with Gasteiger partial charge >= 0.3 is 0 Å². The number of hydrogen-bond donors (Lipinski definition) is 0. The van der Waals surface area contributed by atoms with E-state index < -0.39 is 0 Å². The van der Waals surface area contributed by atoms with Crippen molar-refractivity contribution in [1.82, 2.24) is 0 Å². The van der Waals surface area contributed by atoms with Crippen LogP contribution < -0.4 is 0 Å². The lowest BCUT2D eigenvalue weighted by Crippen LogP contribution is -2.33. The molecule has 2 rings (SSSR count). The maximum absolute atomic E-state index is 5.88. The Balaban J connectivity index is 2.34. The fourth-order valence-corrected chi connectivity index (χ4v) is 2.88. The molecule has 4 atom stereocenters. The first-order valence-electron chi connectivity index (χ1n) is 4.72. The molecule has 2 radical (unpaired) electrons. The van der Waals surface area contributed by atoms with Gasteiger partial charge in [-0.2, -0.15) is 0 Å². The van der Waals surface area contributed by atoms with E-state index in [4.69, 9.17) is 12.6 Å². The number of rotatable bonds is 1. The Morgan fingerprint density at radius 1 is 1.75 bits per heavy atom. The van der Waals surface area contributed by atoms with Crippen molar-refractivity contribution >= 4 is 7.85 Å². The molecule has 2 aliphatic rings. The van der Waals surface area contributed by atoms with Crippen molar-refractivity contribution in [3.8, 4) is 0 Å². The van der Waals surface area contributed by atoms with Crippen LogP contribution >= 0.6 is 0 Å². The third-order valence-electron chi connectivity index (χ3n) is 3.69. The normalized spacial score (nSPS) is 51.8. The molecular weight excluding hydrogens is 147 g/mol. The first kappa shape index (κ1) is 8.37. The lowest BCUT2D eigenvalue weighted by atomic mass is 9.80. The minimum Gasteiger partial charge on any atom is -0.380 e. The van der Waals surface area contributed by atoms with Crippen LogP contribution in [-0.4, -0.2) is 19.5 Å². The fraction of sp³-hybridized carbons (Fsp3) is 0.800. The van der Waals surface area contributed by atoms with Crippen LogP contribution in [0.3, 0.4) is 0 Å². The SMILES string of the molecule is [B][C@@H]1O[C@@]2(CC)CC(=C)[C@H]1C2C. The highest BCUT2D eigenvalue weighted by Gasteiger charge is 2.56. The Labute approximate surface area is 75.6 Å². The predicted octanol–water partition coefficient (Wildman–Crippen LogP) is 1.87. The minimum atomic E-state index is -0.0961. The lowest BCUT2D eigenvalue weighted by Gasteiger charge is -2.30. The van der Waals surface area contributed by atoms with Crippen LogP contribution in [0.4, 0.5) is 0 Å². The summed E-state index contributed by atoms with van der Waals surface area (Å²) in [7, 11) is 5.88. The molecule has 2 bridgehead atoms. The van der Waals surface area contributed by atoms with Crippen molar-refractivity contribution < 1.29 is 4.74 Å². The van der Waals surface area contributed by atoms with E-state index in [0.29, 0.717) is 11.8 Å². The van der Waals surface area contributed by atoms with E-state index in [1.807, 2.05) is 0 Å². The number of hydrogen-bond acceptors (Lipinski definition) is 1. The molecule has 0 N–H and O–H groups in total. The van der Waals surface area contributed by atoms with Crippen LogP contribution in [0.1, 0.15) is 26.7 Å². The van der Waals surface area contributed by atoms with Crippen LogP contribution in [0, 0.1) is 11.8 Å². The molecule has 1 aliphatic carbocycles. The van der Waals surface area contributed by atoms with Crippen LogP contribution in [-0.2, 0) is 4.74 Å². The van der Waals surface area contributed by atoms with E-state index in [9.17, 15) is 0 Å². The maximum Gasteiger partial charge on any atom is 0.109 e. The second-order valence-corrected chi connectivity index (χ2v) is 4.15. The quantitative estimate of drug-likeness (QED) is 0.422. The summed E-state index contributed by atoms with van der Waals surface area (Å²) in [6, 6.07) is -0.0961. The van der Waals surface area contributed by atoms with Crippen molar-refractivity contribution in [2.75, 3.05) is 0 Å². The zero-order valence-corrected chi connectivity index (χ0v) is 7.84. The van der Waals surface area contributed by atoms with Gasteiger partial charge in [0.15, 0.2) is 0 Å². The summed E-state index contributed by atoms with van der Waals surface area (Å²) in [5, 5.41) is 0. The fourth-order valence-electron chi connectivity index (χ4n) is 2.88. The van der Waals surface area contributed by atoms with Crippen molar-refractivity contribution in [2.24, 2.45) is 11.8 Å². The van der Waals surface area contributed by atoms with Crippen molar-refractivity contribution in [3.63, 3.8) is 0 Å². The molecule has 1 heterocycles. The van der Waals surface area contributed by atoms with Gasteiger partial charge in [0.25, 0.3) is 0 Å². The van der Waals surface area contributed by atoms with E-state index >= 15 is 0 Å². The third kappa shape index (κ3) is 0.793. The van der Waals surface area contributed by atoms with E-state index in [0.717, 1.165) is 12.8 Å². The first-order valence-corrected chi connectivity index (χ1v) is 4.72. The van der Waals surface area contributed by atoms with E-state index in [2.05, 4.69) is 20.4 Å². The van der Waals surface area contributed by atoms with Crippen LogP contribution in [0.2, 0.25) is 0 Å². The third-order valence-corrected chi connectivity index (χ3v) is 3.69. The van der Waals surface area contributed by atoms with Gasteiger partial charge in [-0.25, -0.2) is 0 Å². The summed E-state index contributed by atoms with van der Waals surface area (Å²) in [5.41, 5.74) is 1.32. The standard InChI is InChI=1S/C10H15BO/c1-4-10-5-6(2)8(7(10)3)9(11)12-10/h7-9H,2,4-5H2,1,3H3/t7?,8-,9+,10-/m0/s1. The minimum absolute atomic E-state index is 0.0289. The topological polar surface area (TPSA) is 9.23 Å². The van der Waals surface area contributed by atoms with E-state index in [1.54, 1.807) is 0 Å². The maximum atomic E-state index is 5.88. The first-order chi connectivity index (χ1) is 5.60. The molecule has 1 aliphatic heterocycles. The van der Waals surface area contributed by atoms with Gasteiger partial charge in [0.1, 0.15) is 7.85 Å². The number of ether oxygens (including phenoxy) is 1. The second-order valence-electron chi connectivity index (χ2n) is 4.15. The highest BCUT2D eigenvalue weighted by molar-refractivity contribution is 6.11. The van der Waals surface area contributed by atoms with Gasteiger partial charge in [0.2, 0.25) is 0 Å².